The summed E-state index contributed by atoms with van der Waals surface area (Å²) in [5.41, 5.74) is 1.56. The Labute approximate surface area is 208 Å². The van der Waals surface area contributed by atoms with Crippen LogP contribution in [-0.2, 0) is 6.42 Å². The molecule has 0 atom stereocenters. The first-order valence-electron chi connectivity index (χ1n) is 11.1. The molecule has 0 unspecified atom stereocenters. The smallest absolute Gasteiger partial charge is 0.258 e. The van der Waals surface area contributed by atoms with E-state index in [0.717, 1.165) is 54.3 Å². The molecule has 2 heterocycles. The quantitative estimate of drug-likeness (QED) is 0.481. The standard InChI is InChI=1S/C24H28ClN5O3S/c1-32-19-4-3-5-20(33-2)22(19)23(31)26-10-11-29-12-14-30(15-13-29)24-27-21(28-34-24)16-17-6-8-18(25)9-7-17/h3-9H,10-16H2,1-2H3,(H,26,31). The second-order valence-corrected chi connectivity index (χ2v) is 9.09. The maximum absolute atomic E-state index is 12.7. The second-order valence-electron chi connectivity index (χ2n) is 7.92. The van der Waals surface area contributed by atoms with Gasteiger partial charge in [0.2, 0.25) is 5.13 Å². The first kappa shape index (κ1) is 24.3. The lowest BCUT2D eigenvalue weighted by atomic mass is 10.1. The summed E-state index contributed by atoms with van der Waals surface area (Å²) in [5, 5.41) is 4.67. The average molecular weight is 502 g/mol. The van der Waals surface area contributed by atoms with E-state index in [2.05, 4.69) is 19.5 Å². The molecule has 1 aliphatic heterocycles. The van der Waals surface area contributed by atoms with Crippen LogP contribution in [0.1, 0.15) is 21.7 Å². The molecule has 1 N–H and O–H groups in total. The first-order chi connectivity index (χ1) is 16.6. The Morgan fingerprint density at radius 1 is 1.06 bits per heavy atom. The molecule has 0 spiro atoms. The van der Waals surface area contributed by atoms with Crippen molar-refractivity contribution in [3.8, 4) is 11.5 Å². The lowest BCUT2D eigenvalue weighted by molar-refractivity contribution is 0.0941. The molecule has 1 fully saturated rings. The van der Waals surface area contributed by atoms with Crippen molar-refractivity contribution in [1.29, 1.82) is 0 Å². The summed E-state index contributed by atoms with van der Waals surface area (Å²) in [5.74, 6) is 1.63. The van der Waals surface area contributed by atoms with Gasteiger partial charge >= 0.3 is 0 Å². The number of nitrogens with one attached hydrogen (secondary N) is 1. The Morgan fingerprint density at radius 3 is 2.38 bits per heavy atom. The molecule has 1 aromatic heterocycles. The number of carbonyl (C=O) groups excluding carboxylic acids is 1. The minimum Gasteiger partial charge on any atom is -0.496 e. The van der Waals surface area contributed by atoms with Gasteiger partial charge in [-0.3, -0.25) is 9.69 Å². The van der Waals surface area contributed by atoms with E-state index in [1.54, 1.807) is 32.4 Å². The fourth-order valence-electron chi connectivity index (χ4n) is 3.88. The maximum Gasteiger partial charge on any atom is 0.258 e. The molecule has 34 heavy (non-hydrogen) atoms. The molecule has 1 saturated heterocycles. The van der Waals surface area contributed by atoms with Gasteiger partial charge in [0.15, 0.2) is 0 Å². The summed E-state index contributed by atoms with van der Waals surface area (Å²) in [6, 6.07) is 13.1. The highest BCUT2D eigenvalue weighted by Gasteiger charge is 2.21. The number of methoxy groups -OCH3 is 2. The molecule has 3 aromatic rings. The maximum atomic E-state index is 12.7. The lowest BCUT2D eigenvalue weighted by Crippen LogP contribution is -2.48. The second kappa shape index (κ2) is 11.5. The van der Waals surface area contributed by atoms with Crippen molar-refractivity contribution >= 4 is 34.2 Å². The molecular formula is C24H28ClN5O3S. The normalized spacial score (nSPS) is 14.1. The number of carbonyl (C=O) groups is 1. The monoisotopic (exact) mass is 501 g/mol. The fraction of sp³-hybridized carbons (Fsp3) is 0.375. The third kappa shape index (κ3) is 5.97. The van der Waals surface area contributed by atoms with E-state index < -0.39 is 0 Å². The molecule has 0 radical (unpaired) electrons. The summed E-state index contributed by atoms with van der Waals surface area (Å²) < 4.78 is 15.2. The van der Waals surface area contributed by atoms with Gasteiger partial charge in [-0.15, -0.1) is 0 Å². The lowest BCUT2D eigenvalue weighted by Gasteiger charge is -2.34. The number of halogens is 1. The predicted molar refractivity (Wildman–Crippen MR) is 135 cm³/mol. The number of aromatic nitrogens is 2. The van der Waals surface area contributed by atoms with Gasteiger partial charge < -0.3 is 19.7 Å². The van der Waals surface area contributed by atoms with Crippen molar-refractivity contribution < 1.29 is 14.3 Å². The van der Waals surface area contributed by atoms with Crippen LogP contribution in [0.5, 0.6) is 11.5 Å². The van der Waals surface area contributed by atoms with Crippen LogP contribution in [0.3, 0.4) is 0 Å². The number of piperazine rings is 1. The van der Waals surface area contributed by atoms with E-state index in [0.29, 0.717) is 30.0 Å². The van der Waals surface area contributed by atoms with E-state index >= 15 is 0 Å². The molecule has 1 amide bonds. The van der Waals surface area contributed by atoms with Crippen molar-refractivity contribution in [2.75, 3.05) is 58.4 Å². The SMILES string of the molecule is COc1cccc(OC)c1C(=O)NCCN1CCN(c2nc(Cc3ccc(Cl)cc3)ns2)CC1. The van der Waals surface area contributed by atoms with Crippen molar-refractivity contribution in [2.45, 2.75) is 6.42 Å². The molecule has 8 nitrogen and oxygen atoms in total. The van der Waals surface area contributed by atoms with E-state index in [9.17, 15) is 4.79 Å². The number of amides is 1. The number of hydrogen-bond acceptors (Lipinski definition) is 8. The molecule has 10 heteroatoms. The Morgan fingerprint density at radius 2 is 1.74 bits per heavy atom. The highest BCUT2D eigenvalue weighted by molar-refractivity contribution is 7.09. The van der Waals surface area contributed by atoms with Gasteiger partial charge in [0.1, 0.15) is 22.9 Å². The van der Waals surface area contributed by atoms with Gasteiger partial charge in [0.05, 0.1) is 14.2 Å². The van der Waals surface area contributed by atoms with Gasteiger partial charge in [-0.2, -0.15) is 4.37 Å². The highest BCUT2D eigenvalue weighted by Crippen LogP contribution is 2.28. The molecular weight excluding hydrogens is 474 g/mol. The van der Waals surface area contributed by atoms with Gasteiger partial charge in [-0.25, -0.2) is 4.98 Å². The number of anilines is 1. The largest absolute Gasteiger partial charge is 0.496 e. The average Bonchev–Trinajstić information content (AvgIpc) is 3.33. The van der Waals surface area contributed by atoms with Crippen LogP contribution >= 0.6 is 23.1 Å². The van der Waals surface area contributed by atoms with Crippen LogP contribution in [0.15, 0.2) is 42.5 Å². The molecule has 4 rings (SSSR count). The van der Waals surface area contributed by atoms with Crippen LogP contribution in [0.25, 0.3) is 0 Å². The fourth-order valence-corrected chi connectivity index (χ4v) is 4.75. The van der Waals surface area contributed by atoms with Crippen LogP contribution in [0.2, 0.25) is 5.02 Å². The van der Waals surface area contributed by atoms with Crippen molar-refractivity contribution in [3.63, 3.8) is 0 Å². The van der Waals surface area contributed by atoms with Gasteiger partial charge in [0, 0.05) is 62.2 Å². The van der Waals surface area contributed by atoms with E-state index in [4.69, 9.17) is 26.1 Å². The van der Waals surface area contributed by atoms with Crippen molar-refractivity contribution in [2.24, 2.45) is 0 Å². The summed E-state index contributed by atoms with van der Waals surface area (Å²) >= 11 is 7.41. The summed E-state index contributed by atoms with van der Waals surface area (Å²) in [6.07, 6.45) is 0.699. The van der Waals surface area contributed by atoms with Gasteiger partial charge in [-0.05, 0) is 29.8 Å². The minimum atomic E-state index is -0.199. The van der Waals surface area contributed by atoms with E-state index in [1.807, 2.05) is 24.3 Å². The Bertz CT molecular complexity index is 1080. The summed E-state index contributed by atoms with van der Waals surface area (Å²) in [4.78, 5) is 22.1. The minimum absolute atomic E-state index is 0.199. The van der Waals surface area contributed by atoms with Crippen LogP contribution in [-0.4, -0.2) is 73.7 Å². The number of hydrogen-bond donors (Lipinski definition) is 1. The number of benzene rings is 2. The Kier molecular flexibility index (Phi) is 8.21. The van der Waals surface area contributed by atoms with E-state index in [1.165, 1.54) is 11.5 Å². The van der Waals surface area contributed by atoms with Crippen LogP contribution in [0.4, 0.5) is 5.13 Å². The third-order valence-corrected chi connectivity index (χ3v) is 6.81. The number of rotatable bonds is 9. The Balaban J connectivity index is 1.23. The zero-order valence-corrected chi connectivity index (χ0v) is 20.9. The number of nitrogens with zero attached hydrogens (tertiary/aromatic N) is 4. The number of ether oxygens (including phenoxy) is 2. The molecule has 0 bridgehead atoms. The molecule has 180 valence electrons. The van der Waals surface area contributed by atoms with Gasteiger partial charge in [0.25, 0.3) is 5.91 Å². The van der Waals surface area contributed by atoms with E-state index in [-0.39, 0.29) is 5.91 Å². The van der Waals surface area contributed by atoms with Crippen LogP contribution < -0.4 is 19.7 Å². The predicted octanol–water partition coefficient (Wildman–Crippen LogP) is 3.35. The van der Waals surface area contributed by atoms with Crippen molar-refractivity contribution in [3.05, 3.63) is 64.4 Å². The topological polar surface area (TPSA) is 79.8 Å². The first-order valence-corrected chi connectivity index (χ1v) is 12.3. The zero-order chi connectivity index (χ0) is 23.9. The van der Waals surface area contributed by atoms with Crippen LogP contribution in [0, 0.1) is 0 Å². The molecule has 2 aromatic carbocycles. The zero-order valence-electron chi connectivity index (χ0n) is 19.3. The summed E-state index contributed by atoms with van der Waals surface area (Å²) in [6.45, 7) is 4.88. The Hall–Kier alpha value is -2.88. The molecule has 0 saturated carbocycles. The van der Waals surface area contributed by atoms with Gasteiger partial charge in [-0.1, -0.05) is 29.8 Å². The summed E-state index contributed by atoms with van der Waals surface area (Å²) in [7, 11) is 3.09. The highest BCUT2D eigenvalue weighted by atomic mass is 35.5. The molecule has 0 aliphatic carbocycles. The molecule has 1 aliphatic rings. The third-order valence-electron chi connectivity index (χ3n) is 5.74. The van der Waals surface area contributed by atoms with Crippen molar-refractivity contribution in [1.82, 2.24) is 19.6 Å².